The number of rotatable bonds is 7. The normalized spacial score (nSPS) is 14.4. The lowest BCUT2D eigenvalue weighted by molar-refractivity contribution is -0.133. The summed E-state index contributed by atoms with van der Waals surface area (Å²) in [5.74, 6) is -0.143. The Morgan fingerprint density at radius 2 is 1.61 bits per heavy atom. The summed E-state index contributed by atoms with van der Waals surface area (Å²) in [6.45, 7) is 6.70. The fraction of sp³-hybridized carbons (Fsp3) is 0.375. The van der Waals surface area contributed by atoms with Gasteiger partial charge in [0.25, 0.3) is 0 Å². The van der Waals surface area contributed by atoms with Gasteiger partial charge in [-0.15, -0.1) is 0 Å². The third-order valence-corrected chi connectivity index (χ3v) is 5.96. The second kappa shape index (κ2) is 10.6. The van der Waals surface area contributed by atoms with E-state index in [2.05, 4.69) is 5.32 Å². The molecule has 0 unspecified atom stereocenters. The molecule has 0 atom stereocenters. The van der Waals surface area contributed by atoms with Crippen molar-refractivity contribution < 1.29 is 14.4 Å². The summed E-state index contributed by atoms with van der Waals surface area (Å²) in [7, 11) is 0. The SMILES string of the molecule is Cc1cccc(NC(=O)CN2CCN(C(=O)CCC(=O)c3ccc(Cl)cc3)CC2)c1C. The summed E-state index contributed by atoms with van der Waals surface area (Å²) in [6, 6.07) is 12.6. The Morgan fingerprint density at radius 3 is 2.29 bits per heavy atom. The number of benzene rings is 2. The van der Waals surface area contributed by atoms with Crippen molar-refractivity contribution in [2.45, 2.75) is 26.7 Å². The summed E-state index contributed by atoms with van der Waals surface area (Å²) in [4.78, 5) is 41.0. The molecule has 6 nitrogen and oxygen atoms in total. The van der Waals surface area contributed by atoms with Crippen molar-refractivity contribution in [1.29, 1.82) is 0 Å². The highest BCUT2D eigenvalue weighted by Gasteiger charge is 2.23. The first-order valence-corrected chi connectivity index (χ1v) is 10.9. The molecule has 2 aromatic rings. The third-order valence-electron chi connectivity index (χ3n) is 5.70. The van der Waals surface area contributed by atoms with E-state index in [1.54, 1.807) is 29.2 Å². The number of ketones is 1. The van der Waals surface area contributed by atoms with Crippen LogP contribution in [0.15, 0.2) is 42.5 Å². The molecule has 1 N–H and O–H groups in total. The van der Waals surface area contributed by atoms with Gasteiger partial charge in [-0.2, -0.15) is 0 Å². The molecule has 0 radical (unpaired) electrons. The molecule has 31 heavy (non-hydrogen) atoms. The maximum atomic E-state index is 12.5. The van der Waals surface area contributed by atoms with E-state index in [9.17, 15) is 14.4 Å². The number of hydrogen-bond acceptors (Lipinski definition) is 4. The monoisotopic (exact) mass is 441 g/mol. The molecule has 1 saturated heterocycles. The number of nitrogens with zero attached hydrogens (tertiary/aromatic N) is 2. The molecule has 3 rings (SSSR count). The maximum Gasteiger partial charge on any atom is 0.238 e. The predicted octanol–water partition coefficient (Wildman–Crippen LogP) is 3.70. The van der Waals surface area contributed by atoms with Crippen molar-refractivity contribution in [2.24, 2.45) is 0 Å². The Morgan fingerprint density at radius 1 is 0.935 bits per heavy atom. The first-order valence-electron chi connectivity index (χ1n) is 10.5. The van der Waals surface area contributed by atoms with E-state index >= 15 is 0 Å². The van der Waals surface area contributed by atoms with Crippen molar-refractivity contribution in [3.8, 4) is 0 Å². The van der Waals surface area contributed by atoms with Crippen molar-refractivity contribution >= 4 is 34.9 Å². The van der Waals surface area contributed by atoms with E-state index in [-0.39, 0.29) is 30.4 Å². The molecule has 2 amide bonds. The molecule has 1 aliphatic heterocycles. The lowest BCUT2D eigenvalue weighted by Gasteiger charge is -2.34. The van der Waals surface area contributed by atoms with Gasteiger partial charge in [-0.05, 0) is 55.3 Å². The molecular formula is C24H28ClN3O3. The summed E-state index contributed by atoms with van der Waals surface area (Å²) >= 11 is 5.84. The fourth-order valence-electron chi connectivity index (χ4n) is 3.59. The van der Waals surface area contributed by atoms with Crippen LogP contribution in [-0.4, -0.2) is 60.1 Å². The molecule has 1 aliphatic rings. The van der Waals surface area contributed by atoms with E-state index < -0.39 is 0 Å². The number of carbonyl (C=O) groups is 3. The zero-order valence-electron chi connectivity index (χ0n) is 18.0. The number of carbonyl (C=O) groups excluding carboxylic acids is 3. The topological polar surface area (TPSA) is 69.7 Å². The fourth-order valence-corrected chi connectivity index (χ4v) is 3.72. The van der Waals surface area contributed by atoms with Gasteiger partial charge in [-0.1, -0.05) is 23.7 Å². The molecule has 164 valence electrons. The predicted molar refractivity (Wildman–Crippen MR) is 123 cm³/mol. The van der Waals surface area contributed by atoms with Gasteiger partial charge >= 0.3 is 0 Å². The molecule has 1 fully saturated rings. The van der Waals surface area contributed by atoms with Gasteiger partial charge < -0.3 is 10.2 Å². The van der Waals surface area contributed by atoms with Crippen LogP contribution in [0.3, 0.4) is 0 Å². The molecule has 0 aliphatic carbocycles. The van der Waals surface area contributed by atoms with E-state index in [1.165, 1.54) is 0 Å². The van der Waals surface area contributed by atoms with Crippen LogP contribution >= 0.6 is 11.6 Å². The molecule has 0 aromatic heterocycles. The first kappa shape index (κ1) is 23.0. The van der Waals surface area contributed by atoms with Gasteiger partial charge in [0.05, 0.1) is 6.54 Å². The van der Waals surface area contributed by atoms with Crippen LogP contribution in [0.2, 0.25) is 5.02 Å². The Balaban J connectivity index is 1.41. The minimum atomic E-state index is -0.0632. The van der Waals surface area contributed by atoms with E-state index in [1.807, 2.05) is 36.9 Å². The highest BCUT2D eigenvalue weighted by molar-refractivity contribution is 6.30. The Kier molecular flexibility index (Phi) is 7.82. The van der Waals surface area contributed by atoms with Crippen LogP contribution in [0, 0.1) is 13.8 Å². The van der Waals surface area contributed by atoms with Gasteiger partial charge in [-0.3, -0.25) is 19.3 Å². The number of Topliss-reactive ketones (excluding diaryl/α,β-unsaturated/α-hetero) is 1. The zero-order valence-corrected chi connectivity index (χ0v) is 18.7. The molecule has 0 bridgehead atoms. The number of aryl methyl sites for hydroxylation is 1. The molecule has 7 heteroatoms. The van der Waals surface area contributed by atoms with Gasteiger partial charge in [0.2, 0.25) is 11.8 Å². The van der Waals surface area contributed by atoms with E-state index in [0.717, 1.165) is 16.8 Å². The largest absolute Gasteiger partial charge is 0.340 e. The standard InChI is InChI=1S/C24H28ClN3O3/c1-17-4-3-5-21(18(17)2)26-23(30)16-27-12-14-28(15-13-27)24(31)11-10-22(29)19-6-8-20(25)9-7-19/h3-9H,10-16H2,1-2H3,(H,26,30). The summed E-state index contributed by atoms with van der Waals surface area (Å²) in [6.07, 6.45) is 0.369. The van der Waals surface area contributed by atoms with Crippen molar-refractivity contribution in [3.63, 3.8) is 0 Å². The van der Waals surface area contributed by atoms with Crippen LogP contribution < -0.4 is 5.32 Å². The summed E-state index contributed by atoms with van der Waals surface area (Å²) < 4.78 is 0. The number of halogens is 1. The van der Waals surface area contributed by atoms with Crippen LogP contribution in [0.4, 0.5) is 5.69 Å². The number of nitrogens with one attached hydrogen (secondary N) is 1. The van der Waals surface area contributed by atoms with Crippen molar-refractivity contribution in [2.75, 3.05) is 38.0 Å². The number of amides is 2. The molecule has 1 heterocycles. The highest BCUT2D eigenvalue weighted by Crippen LogP contribution is 2.18. The summed E-state index contributed by atoms with van der Waals surface area (Å²) in [5.41, 5.74) is 3.61. The van der Waals surface area contributed by atoms with Gasteiger partial charge in [0.15, 0.2) is 5.78 Å². The highest BCUT2D eigenvalue weighted by atomic mass is 35.5. The lowest BCUT2D eigenvalue weighted by Crippen LogP contribution is -2.50. The number of piperazine rings is 1. The quantitative estimate of drug-likeness (QED) is 0.665. The number of hydrogen-bond donors (Lipinski definition) is 1. The van der Waals surface area contributed by atoms with E-state index in [0.29, 0.717) is 43.3 Å². The van der Waals surface area contributed by atoms with Crippen LogP contribution in [-0.2, 0) is 9.59 Å². The Labute approximate surface area is 188 Å². The van der Waals surface area contributed by atoms with Crippen LogP contribution in [0.5, 0.6) is 0 Å². The van der Waals surface area contributed by atoms with Crippen LogP contribution in [0.25, 0.3) is 0 Å². The zero-order chi connectivity index (χ0) is 22.4. The van der Waals surface area contributed by atoms with Crippen molar-refractivity contribution in [3.05, 3.63) is 64.2 Å². The molecule has 0 saturated carbocycles. The smallest absolute Gasteiger partial charge is 0.238 e. The van der Waals surface area contributed by atoms with E-state index in [4.69, 9.17) is 11.6 Å². The molecular weight excluding hydrogens is 414 g/mol. The average Bonchev–Trinajstić information content (AvgIpc) is 2.76. The van der Waals surface area contributed by atoms with Crippen molar-refractivity contribution in [1.82, 2.24) is 9.80 Å². The first-order chi connectivity index (χ1) is 14.8. The Bertz CT molecular complexity index is 951. The van der Waals surface area contributed by atoms with Gasteiger partial charge in [0, 0.05) is 55.3 Å². The number of anilines is 1. The molecule has 0 spiro atoms. The van der Waals surface area contributed by atoms with Gasteiger partial charge in [-0.25, -0.2) is 0 Å². The maximum absolute atomic E-state index is 12.5. The summed E-state index contributed by atoms with van der Waals surface area (Å²) in [5, 5.41) is 3.55. The lowest BCUT2D eigenvalue weighted by atomic mass is 10.1. The third kappa shape index (κ3) is 6.39. The Hall–Kier alpha value is -2.70. The average molecular weight is 442 g/mol. The van der Waals surface area contributed by atoms with Gasteiger partial charge in [0.1, 0.15) is 0 Å². The second-order valence-corrected chi connectivity index (χ2v) is 8.32. The molecule has 2 aromatic carbocycles. The second-order valence-electron chi connectivity index (χ2n) is 7.88. The van der Waals surface area contributed by atoms with Crippen LogP contribution in [0.1, 0.15) is 34.3 Å². The minimum absolute atomic E-state index is 0.0261. The minimum Gasteiger partial charge on any atom is -0.340 e.